The highest BCUT2D eigenvalue weighted by Gasteiger charge is 2.22. The Hall–Kier alpha value is -0.180. The molecule has 1 aliphatic carbocycles. The van der Waals surface area contributed by atoms with E-state index in [1.807, 2.05) is 0 Å². The van der Waals surface area contributed by atoms with Crippen molar-refractivity contribution in [2.75, 3.05) is 5.75 Å². The molecule has 0 aliphatic heterocycles. The van der Waals surface area contributed by atoms with E-state index in [2.05, 4.69) is 13.8 Å². The molecule has 3 heteroatoms. The molecule has 1 unspecified atom stereocenters. The highest BCUT2D eigenvalue weighted by Crippen LogP contribution is 2.29. The molecule has 0 saturated heterocycles. The summed E-state index contributed by atoms with van der Waals surface area (Å²) in [5.74, 6) is 2.15. The van der Waals surface area contributed by atoms with Gasteiger partial charge in [-0.25, -0.2) is 0 Å². The normalized spacial score (nSPS) is 20.5. The number of primary amides is 1. The van der Waals surface area contributed by atoms with Crippen LogP contribution in [0.3, 0.4) is 0 Å². The average molecular weight is 229 g/mol. The van der Waals surface area contributed by atoms with Gasteiger partial charge in [0.1, 0.15) is 0 Å². The summed E-state index contributed by atoms with van der Waals surface area (Å²) in [5.41, 5.74) is 5.39. The van der Waals surface area contributed by atoms with E-state index in [-0.39, 0.29) is 11.2 Å². The maximum atomic E-state index is 11.2. The van der Waals surface area contributed by atoms with E-state index >= 15 is 0 Å². The van der Waals surface area contributed by atoms with Crippen molar-refractivity contribution in [2.24, 2.45) is 17.6 Å². The fourth-order valence-electron chi connectivity index (χ4n) is 2.20. The molecule has 0 aromatic rings. The van der Waals surface area contributed by atoms with Gasteiger partial charge in [-0.15, -0.1) is 11.8 Å². The summed E-state index contributed by atoms with van der Waals surface area (Å²) in [6.07, 6.45) is 6.82. The monoisotopic (exact) mass is 229 g/mol. The molecule has 0 spiro atoms. The molecule has 0 bridgehead atoms. The third kappa shape index (κ3) is 4.45. The van der Waals surface area contributed by atoms with Gasteiger partial charge < -0.3 is 5.73 Å². The van der Waals surface area contributed by atoms with Gasteiger partial charge in [-0.05, 0) is 30.4 Å². The lowest BCUT2D eigenvalue weighted by Gasteiger charge is -2.24. The fourth-order valence-corrected chi connectivity index (χ4v) is 3.56. The number of nitrogens with two attached hydrogens (primary N) is 1. The zero-order valence-electron chi connectivity index (χ0n) is 9.87. The van der Waals surface area contributed by atoms with Crippen LogP contribution in [0.5, 0.6) is 0 Å². The summed E-state index contributed by atoms with van der Waals surface area (Å²) in [6.45, 7) is 4.15. The van der Waals surface area contributed by atoms with Crippen LogP contribution < -0.4 is 5.73 Å². The first-order chi connectivity index (χ1) is 7.11. The minimum Gasteiger partial charge on any atom is -0.369 e. The van der Waals surface area contributed by atoms with Crippen molar-refractivity contribution in [1.82, 2.24) is 0 Å². The van der Waals surface area contributed by atoms with Gasteiger partial charge in [0.25, 0.3) is 0 Å². The van der Waals surface area contributed by atoms with E-state index in [1.54, 1.807) is 11.8 Å². The largest absolute Gasteiger partial charge is 0.369 e. The molecular formula is C12H23NOS. The van der Waals surface area contributed by atoms with Crippen molar-refractivity contribution >= 4 is 17.7 Å². The van der Waals surface area contributed by atoms with Crippen LogP contribution in [-0.4, -0.2) is 16.9 Å². The van der Waals surface area contributed by atoms with Crippen LogP contribution in [0.25, 0.3) is 0 Å². The molecule has 0 heterocycles. The highest BCUT2D eigenvalue weighted by atomic mass is 32.2. The molecule has 88 valence electrons. The molecule has 1 atom stereocenters. The van der Waals surface area contributed by atoms with Crippen LogP contribution in [0.4, 0.5) is 0 Å². The molecule has 1 amide bonds. The number of hydrogen-bond acceptors (Lipinski definition) is 2. The van der Waals surface area contributed by atoms with E-state index in [0.717, 1.165) is 11.7 Å². The molecule has 15 heavy (non-hydrogen) atoms. The predicted molar refractivity (Wildman–Crippen MR) is 66.9 cm³/mol. The first-order valence-corrected chi connectivity index (χ1v) is 7.07. The highest BCUT2D eigenvalue weighted by molar-refractivity contribution is 8.00. The quantitative estimate of drug-likeness (QED) is 0.787. The zero-order valence-corrected chi connectivity index (χ0v) is 10.7. The Bertz CT molecular complexity index is 200. The molecule has 0 radical (unpaired) electrons. The van der Waals surface area contributed by atoms with Gasteiger partial charge in [0.05, 0.1) is 5.25 Å². The van der Waals surface area contributed by atoms with Crippen molar-refractivity contribution in [1.29, 1.82) is 0 Å². The van der Waals surface area contributed by atoms with E-state index in [0.29, 0.717) is 5.92 Å². The van der Waals surface area contributed by atoms with Crippen LogP contribution in [0.15, 0.2) is 0 Å². The Morgan fingerprint density at radius 3 is 2.40 bits per heavy atom. The minimum absolute atomic E-state index is 0.00641. The standard InChI is InChI=1S/C12H23NOS/c1-9(2)11(12(13)14)15-8-10-6-4-3-5-7-10/h9-11H,3-8H2,1-2H3,(H2,13,14). The van der Waals surface area contributed by atoms with Crippen molar-refractivity contribution in [3.05, 3.63) is 0 Å². The number of hydrogen-bond donors (Lipinski definition) is 1. The van der Waals surface area contributed by atoms with Gasteiger partial charge in [0, 0.05) is 0 Å². The van der Waals surface area contributed by atoms with E-state index in [4.69, 9.17) is 5.73 Å². The predicted octanol–water partition coefficient (Wildman–Crippen LogP) is 2.81. The summed E-state index contributed by atoms with van der Waals surface area (Å²) in [7, 11) is 0. The third-order valence-corrected chi connectivity index (χ3v) is 4.92. The lowest BCUT2D eigenvalue weighted by molar-refractivity contribution is -0.118. The molecule has 0 aromatic carbocycles. The number of amides is 1. The SMILES string of the molecule is CC(C)C(SCC1CCCCC1)C(N)=O. The molecule has 1 saturated carbocycles. The molecular weight excluding hydrogens is 206 g/mol. The van der Waals surface area contributed by atoms with Crippen molar-refractivity contribution in [3.63, 3.8) is 0 Å². The Morgan fingerprint density at radius 1 is 1.33 bits per heavy atom. The number of carbonyl (C=O) groups excluding carboxylic acids is 1. The summed E-state index contributed by atoms with van der Waals surface area (Å²) in [6, 6.07) is 0. The molecule has 1 fully saturated rings. The van der Waals surface area contributed by atoms with E-state index in [1.165, 1.54) is 32.1 Å². The summed E-state index contributed by atoms with van der Waals surface area (Å²) >= 11 is 1.77. The maximum Gasteiger partial charge on any atom is 0.230 e. The van der Waals surface area contributed by atoms with Crippen LogP contribution in [-0.2, 0) is 4.79 Å². The number of thioether (sulfide) groups is 1. The first kappa shape index (κ1) is 12.9. The Balaban J connectivity index is 2.29. The first-order valence-electron chi connectivity index (χ1n) is 6.02. The summed E-state index contributed by atoms with van der Waals surface area (Å²) in [5, 5.41) is 0.00641. The van der Waals surface area contributed by atoms with Gasteiger partial charge in [-0.1, -0.05) is 33.1 Å². The van der Waals surface area contributed by atoms with Gasteiger partial charge >= 0.3 is 0 Å². The molecule has 1 rings (SSSR count). The lowest BCUT2D eigenvalue weighted by atomic mass is 9.91. The van der Waals surface area contributed by atoms with Gasteiger partial charge in [-0.2, -0.15) is 0 Å². The zero-order chi connectivity index (χ0) is 11.3. The lowest BCUT2D eigenvalue weighted by Crippen LogP contribution is -2.31. The van der Waals surface area contributed by atoms with Gasteiger partial charge in [0.2, 0.25) is 5.91 Å². The van der Waals surface area contributed by atoms with Crippen molar-refractivity contribution < 1.29 is 4.79 Å². The fraction of sp³-hybridized carbons (Fsp3) is 0.917. The second kappa shape index (κ2) is 6.41. The Kier molecular flexibility index (Phi) is 5.51. The number of rotatable bonds is 5. The molecule has 1 aliphatic rings. The second-order valence-electron chi connectivity index (χ2n) is 4.90. The van der Waals surface area contributed by atoms with Crippen LogP contribution in [0.1, 0.15) is 46.0 Å². The van der Waals surface area contributed by atoms with Gasteiger partial charge in [-0.3, -0.25) is 4.79 Å². The number of carbonyl (C=O) groups is 1. The smallest absolute Gasteiger partial charge is 0.230 e. The van der Waals surface area contributed by atoms with Crippen molar-refractivity contribution in [2.45, 2.75) is 51.2 Å². The summed E-state index contributed by atoms with van der Waals surface area (Å²) < 4.78 is 0. The molecule has 0 aromatic heterocycles. The van der Waals surface area contributed by atoms with Crippen LogP contribution >= 0.6 is 11.8 Å². The van der Waals surface area contributed by atoms with E-state index < -0.39 is 0 Å². The third-order valence-electron chi connectivity index (χ3n) is 3.12. The maximum absolute atomic E-state index is 11.2. The Labute approximate surface area is 97.4 Å². The molecule has 2 nitrogen and oxygen atoms in total. The van der Waals surface area contributed by atoms with E-state index in [9.17, 15) is 4.79 Å². The van der Waals surface area contributed by atoms with Crippen LogP contribution in [0.2, 0.25) is 0 Å². The summed E-state index contributed by atoms with van der Waals surface area (Å²) in [4.78, 5) is 11.2. The minimum atomic E-state index is -0.147. The molecule has 2 N–H and O–H groups in total. The average Bonchev–Trinajstić information content (AvgIpc) is 2.18. The van der Waals surface area contributed by atoms with Crippen molar-refractivity contribution in [3.8, 4) is 0 Å². The topological polar surface area (TPSA) is 43.1 Å². The second-order valence-corrected chi connectivity index (χ2v) is 6.08. The van der Waals surface area contributed by atoms with Gasteiger partial charge in [0.15, 0.2) is 0 Å². The van der Waals surface area contributed by atoms with Crippen LogP contribution in [0, 0.1) is 11.8 Å². The Morgan fingerprint density at radius 2 is 1.93 bits per heavy atom.